The van der Waals surface area contributed by atoms with Crippen molar-refractivity contribution >= 4 is 17.6 Å². The number of carboxylic acids is 1. The van der Waals surface area contributed by atoms with Crippen LogP contribution in [0.3, 0.4) is 0 Å². The van der Waals surface area contributed by atoms with Crippen LogP contribution in [-0.2, 0) is 9.59 Å². The van der Waals surface area contributed by atoms with Gasteiger partial charge >= 0.3 is 5.97 Å². The van der Waals surface area contributed by atoms with Gasteiger partial charge in [-0.25, -0.2) is 0 Å². The number of aromatic nitrogens is 1. The van der Waals surface area contributed by atoms with Gasteiger partial charge in [-0.2, -0.15) is 0 Å². The molecular weight excluding hydrogens is 244 g/mol. The first-order chi connectivity index (χ1) is 9.06. The molecule has 19 heavy (non-hydrogen) atoms. The van der Waals surface area contributed by atoms with E-state index in [1.54, 1.807) is 18.3 Å². The zero-order chi connectivity index (χ0) is 13.8. The Kier molecular flexibility index (Phi) is 4.14. The van der Waals surface area contributed by atoms with Gasteiger partial charge < -0.3 is 10.4 Å². The van der Waals surface area contributed by atoms with E-state index < -0.39 is 5.97 Å². The van der Waals surface area contributed by atoms with Crippen LogP contribution in [0.2, 0.25) is 0 Å². The summed E-state index contributed by atoms with van der Waals surface area (Å²) in [6.07, 6.45) is 4.31. The summed E-state index contributed by atoms with van der Waals surface area (Å²) in [5.41, 5.74) is 1.56. The van der Waals surface area contributed by atoms with Gasteiger partial charge in [0.2, 0.25) is 5.91 Å². The van der Waals surface area contributed by atoms with Crippen LogP contribution in [-0.4, -0.2) is 22.0 Å². The number of pyridine rings is 1. The second kappa shape index (κ2) is 5.82. The number of nitrogens with one attached hydrogen (secondary N) is 1. The van der Waals surface area contributed by atoms with Gasteiger partial charge in [-0.05, 0) is 38.3 Å². The normalized spacial score (nSPS) is 22.8. The van der Waals surface area contributed by atoms with Crippen LogP contribution in [0.1, 0.15) is 31.4 Å². The average molecular weight is 262 g/mol. The molecule has 1 aliphatic rings. The van der Waals surface area contributed by atoms with Crippen molar-refractivity contribution in [2.45, 2.75) is 32.6 Å². The highest BCUT2D eigenvalue weighted by atomic mass is 16.4. The lowest BCUT2D eigenvalue weighted by atomic mass is 9.81. The second-order valence-electron chi connectivity index (χ2n) is 5.07. The van der Waals surface area contributed by atoms with Crippen LogP contribution in [0.25, 0.3) is 0 Å². The van der Waals surface area contributed by atoms with E-state index in [1.807, 2.05) is 6.92 Å². The topological polar surface area (TPSA) is 79.3 Å². The molecule has 0 saturated heterocycles. The zero-order valence-electron chi connectivity index (χ0n) is 10.9. The third-order valence-electron chi connectivity index (χ3n) is 3.56. The molecule has 1 aromatic rings. The Morgan fingerprint density at radius 2 is 2.11 bits per heavy atom. The van der Waals surface area contributed by atoms with E-state index in [0.717, 1.165) is 24.2 Å². The largest absolute Gasteiger partial charge is 0.481 e. The number of carboxylic acid groups (broad SMARTS) is 1. The number of aliphatic carboxylic acids is 1. The average Bonchev–Trinajstić information content (AvgIpc) is 2.39. The minimum atomic E-state index is -0.794. The van der Waals surface area contributed by atoms with E-state index in [1.165, 1.54) is 0 Å². The fraction of sp³-hybridized carbons (Fsp3) is 0.500. The van der Waals surface area contributed by atoms with Crippen molar-refractivity contribution < 1.29 is 14.7 Å². The molecule has 1 aromatic heterocycles. The Morgan fingerprint density at radius 1 is 1.37 bits per heavy atom. The predicted octanol–water partition coefficient (Wildman–Crippen LogP) is 2.22. The number of rotatable bonds is 3. The number of hydrogen-bond donors (Lipinski definition) is 2. The summed E-state index contributed by atoms with van der Waals surface area (Å²) in [6.45, 7) is 1.86. The van der Waals surface area contributed by atoms with E-state index in [4.69, 9.17) is 5.11 Å². The van der Waals surface area contributed by atoms with E-state index in [9.17, 15) is 9.59 Å². The standard InChI is InChI=1S/C14H18N2O3/c1-9-7-12(5-6-15-9)16-13(17)10-3-2-4-11(8-10)14(18)19/h5-7,10-11H,2-4,8H2,1H3,(H,18,19)(H,15,16,17). The first-order valence-corrected chi connectivity index (χ1v) is 6.52. The summed E-state index contributed by atoms with van der Waals surface area (Å²) in [7, 11) is 0. The molecule has 5 heteroatoms. The lowest BCUT2D eigenvalue weighted by Gasteiger charge is -2.25. The zero-order valence-corrected chi connectivity index (χ0v) is 10.9. The van der Waals surface area contributed by atoms with Crippen LogP contribution in [0, 0.1) is 18.8 Å². The molecule has 2 atom stereocenters. The molecule has 2 unspecified atom stereocenters. The first-order valence-electron chi connectivity index (χ1n) is 6.52. The Morgan fingerprint density at radius 3 is 2.79 bits per heavy atom. The molecule has 2 rings (SSSR count). The molecule has 1 aliphatic carbocycles. The van der Waals surface area contributed by atoms with Crippen molar-refractivity contribution in [3.05, 3.63) is 24.0 Å². The quantitative estimate of drug-likeness (QED) is 0.875. The summed E-state index contributed by atoms with van der Waals surface area (Å²) in [5.74, 6) is -1.47. The van der Waals surface area contributed by atoms with Gasteiger partial charge in [0.1, 0.15) is 0 Å². The number of aryl methyl sites for hydroxylation is 1. The maximum atomic E-state index is 12.1. The van der Waals surface area contributed by atoms with Crippen molar-refractivity contribution in [1.29, 1.82) is 0 Å². The molecule has 0 radical (unpaired) electrons. The number of nitrogens with zero attached hydrogens (tertiary/aromatic N) is 1. The summed E-state index contributed by atoms with van der Waals surface area (Å²) in [6, 6.07) is 3.54. The Hall–Kier alpha value is -1.91. The molecule has 2 N–H and O–H groups in total. The molecule has 1 fully saturated rings. The van der Waals surface area contributed by atoms with Crippen LogP contribution >= 0.6 is 0 Å². The highest BCUT2D eigenvalue weighted by molar-refractivity contribution is 5.92. The third kappa shape index (κ3) is 3.53. The van der Waals surface area contributed by atoms with Gasteiger partial charge in [0.25, 0.3) is 0 Å². The van der Waals surface area contributed by atoms with Gasteiger partial charge in [-0.3, -0.25) is 14.6 Å². The van der Waals surface area contributed by atoms with Crippen molar-refractivity contribution in [2.24, 2.45) is 11.8 Å². The number of anilines is 1. The van der Waals surface area contributed by atoms with Gasteiger partial charge in [-0.1, -0.05) is 6.42 Å². The number of hydrogen-bond acceptors (Lipinski definition) is 3. The fourth-order valence-corrected chi connectivity index (χ4v) is 2.52. The lowest BCUT2D eigenvalue weighted by molar-refractivity contribution is -0.143. The summed E-state index contributed by atoms with van der Waals surface area (Å²) < 4.78 is 0. The van der Waals surface area contributed by atoms with Crippen molar-refractivity contribution in [3.63, 3.8) is 0 Å². The molecule has 1 heterocycles. The molecular formula is C14H18N2O3. The van der Waals surface area contributed by atoms with E-state index in [-0.39, 0.29) is 17.7 Å². The monoisotopic (exact) mass is 262 g/mol. The molecule has 102 valence electrons. The number of carbonyl (C=O) groups excluding carboxylic acids is 1. The maximum absolute atomic E-state index is 12.1. The second-order valence-corrected chi connectivity index (χ2v) is 5.07. The number of amides is 1. The van der Waals surface area contributed by atoms with Crippen LogP contribution in [0.4, 0.5) is 5.69 Å². The minimum Gasteiger partial charge on any atom is -0.481 e. The van der Waals surface area contributed by atoms with Crippen molar-refractivity contribution in [1.82, 2.24) is 4.98 Å². The molecule has 0 aliphatic heterocycles. The molecule has 5 nitrogen and oxygen atoms in total. The number of carbonyl (C=O) groups is 2. The van der Waals surface area contributed by atoms with E-state index >= 15 is 0 Å². The van der Waals surface area contributed by atoms with E-state index in [2.05, 4.69) is 10.3 Å². The molecule has 0 spiro atoms. The minimum absolute atomic E-state index is 0.0865. The summed E-state index contributed by atoms with van der Waals surface area (Å²) >= 11 is 0. The third-order valence-corrected chi connectivity index (χ3v) is 3.56. The SMILES string of the molecule is Cc1cc(NC(=O)C2CCCC(C(=O)O)C2)ccn1. The fourth-order valence-electron chi connectivity index (χ4n) is 2.52. The van der Waals surface area contributed by atoms with Gasteiger partial charge in [-0.15, -0.1) is 0 Å². The molecule has 1 amide bonds. The van der Waals surface area contributed by atoms with Crippen molar-refractivity contribution in [2.75, 3.05) is 5.32 Å². The molecule has 1 saturated carbocycles. The Bertz CT molecular complexity index is 487. The van der Waals surface area contributed by atoms with E-state index in [0.29, 0.717) is 12.8 Å². The highest BCUT2D eigenvalue weighted by Crippen LogP contribution is 2.30. The van der Waals surface area contributed by atoms with Gasteiger partial charge in [0.15, 0.2) is 0 Å². The highest BCUT2D eigenvalue weighted by Gasteiger charge is 2.30. The molecule has 0 aromatic carbocycles. The predicted molar refractivity (Wildman–Crippen MR) is 70.7 cm³/mol. The smallest absolute Gasteiger partial charge is 0.306 e. The van der Waals surface area contributed by atoms with Crippen LogP contribution in [0.15, 0.2) is 18.3 Å². The first kappa shape index (κ1) is 13.5. The Labute approximate surface area is 112 Å². The molecule has 0 bridgehead atoms. The van der Waals surface area contributed by atoms with Crippen molar-refractivity contribution in [3.8, 4) is 0 Å². The lowest BCUT2D eigenvalue weighted by Crippen LogP contribution is -2.30. The Balaban J connectivity index is 1.98. The van der Waals surface area contributed by atoms with Crippen LogP contribution in [0.5, 0.6) is 0 Å². The van der Waals surface area contributed by atoms with Gasteiger partial charge in [0.05, 0.1) is 5.92 Å². The van der Waals surface area contributed by atoms with Crippen LogP contribution < -0.4 is 5.32 Å². The summed E-state index contributed by atoms with van der Waals surface area (Å²) in [4.78, 5) is 27.2. The summed E-state index contributed by atoms with van der Waals surface area (Å²) in [5, 5.41) is 11.9. The van der Waals surface area contributed by atoms with Gasteiger partial charge in [0, 0.05) is 23.5 Å². The maximum Gasteiger partial charge on any atom is 0.306 e.